The molecule has 1 aliphatic carbocycles. The molecule has 34 heavy (non-hydrogen) atoms. The Hall–Kier alpha value is -2.70. The molecule has 6 heteroatoms. The molecule has 0 radical (unpaired) electrons. The molecule has 2 aromatic carbocycles. The first-order chi connectivity index (χ1) is 16.3. The summed E-state index contributed by atoms with van der Waals surface area (Å²) in [4.78, 5) is 2.33. The maximum Gasteiger partial charge on any atom is 0.227 e. The lowest BCUT2D eigenvalue weighted by atomic mass is 10.0. The minimum absolute atomic E-state index is 0.174. The molecule has 5 nitrogen and oxygen atoms in total. The quantitative estimate of drug-likeness (QED) is 0.369. The number of halogens is 1. The van der Waals surface area contributed by atoms with Crippen molar-refractivity contribution in [2.24, 2.45) is 11.8 Å². The molecule has 182 valence electrons. The van der Waals surface area contributed by atoms with Gasteiger partial charge in [-0.05, 0) is 54.9 Å². The van der Waals surface area contributed by atoms with Crippen LogP contribution in [0.4, 0.5) is 4.39 Å². The van der Waals surface area contributed by atoms with Crippen molar-refractivity contribution < 1.29 is 14.2 Å². The van der Waals surface area contributed by atoms with Gasteiger partial charge in [-0.1, -0.05) is 52.0 Å². The molecule has 0 saturated heterocycles. The second-order valence-electron chi connectivity index (χ2n) is 10.1. The molecule has 1 atom stereocenters. The summed E-state index contributed by atoms with van der Waals surface area (Å²) in [5.41, 5.74) is 2.83. The molecule has 1 heterocycles. The van der Waals surface area contributed by atoms with Crippen LogP contribution in [0.2, 0.25) is 0 Å². The number of nitrogens with zero attached hydrogens (tertiary/aromatic N) is 3. The van der Waals surface area contributed by atoms with Crippen molar-refractivity contribution in [3.8, 4) is 17.3 Å². The molecule has 0 bridgehead atoms. The average molecular weight is 466 g/mol. The van der Waals surface area contributed by atoms with Gasteiger partial charge in [-0.15, -0.1) is 0 Å². The Balaban J connectivity index is 1.77. The van der Waals surface area contributed by atoms with Gasteiger partial charge in [0.15, 0.2) is 0 Å². The van der Waals surface area contributed by atoms with E-state index in [4.69, 9.17) is 9.84 Å². The summed E-state index contributed by atoms with van der Waals surface area (Å²) < 4.78 is 22.1. The summed E-state index contributed by atoms with van der Waals surface area (Å²) in [6.07, 6.45) is 2.07. The van der Waals surface area contributed by atoms with E-state index in [9.17, 15) is 9.50 Å². The van der Waals surface area contributed by atoms with Crippen molar-refractivity contribution in [1.82, 2.24) is 14.7 Å². The van der Waals surface area contributed by atoms with Crippen molar-refractivity contribution in [3.05, 3.63) is 71.7 Å². The molecule has 1 saturated carbocycles. The lowest BCUT2D eigenvalue weighted by Gasteiger charge is -2.27. The van der Waals surface area contributed by atoms with Gasteiger partial charge in [0.25, 0.3) is 0 Å². The van der Waals surface area contributed by atoms with Crippen LogP contribution < -0.4 is 4.74 Å². The molecule has 1 fully saturated rings. The van der Waals surface area contributed by atoms with E-state index in [2.05, 4.69) is 18.7 Å². The molecule has 1 aromatic heterocycles. The molecule has 0 amide bonds. The van der Waals surface area contributed by atoms with Crippen molar-refractivity contribution in [3.63, 3.8) is 0 Å². The van der Waals surface area contributed by atoms with Crippen molar-refractivity contribution in [2.75, 3.05) is 13.1 Å². The van der Waals surface area contributed by atoms with Gasteiger partial charge >= 0.3 is 0 Å². The summed E-state index contributed by atoms with van der Waals surface area (Å²) in [5, 5.41) is 15.6. The van der Waals surface area contributed by atoms with E-state index in [0.717, 1.165) is 23.5 Å². The Bertz CT molecular complexity index is 1080. The van der Waals surface area contributed by atoms with E-state index in [1.54, 1.807) is 12.1 Å². The standard InChI is InChI=1S/C28H36FN3O2/c1-19(2)26(33)18-31(16-21-13-14-21)17-25-27(20(3)4)30-32(23-10-6-5-7-11-23)28(25)34-24-12-8-9-22(29)15-24/h5-12,15,19-21,26,33H,13-14,16-18H2,1-4H3. The van der Waals surface area contributed by atoms with Gasteiger partial charge in [0.2, 0.25) is 5.88 Å². The maximum absolute atomic E-state index is 14.0. The summed E-state index contributed by atoms with van der Waals surface area (Å²) in [5.74, 6) is 1.72. The third-order valence-corrected chi connectivity index (χ3v) is 6.34. The van der Waals surface area contributed by atoms with E-state index >= 15 is 0 Å². The van der Waals surface area contributed by atoms with Crippen molar-refractivity contribution in [2.45, 2.75) is 59.1 Å². The predicted octanol–water partition coefficient (Wildman–Crippen LogP) is 6.16. The Morgan fingerprint density at radius 1 is 1.09 bits per heavy atom. The number of benzene rings is 2. The minimum atomic E-state index is -0.405. The minimum Gasteiger partial charge on any atom is -0.438 e. The lowest BCUT2D eigenvalue weighted by molar-refractivity contribution is 0.0707. The highest BCUT2D eigenvalue weighted by molar-refractivity contribution is 5.44. The van der Waals surface area contributed by atoms with Gasteiger partial charge in [-0.2, -0.15) is 5.10 Å². The fourth-order valence-corrected chi connectivity index (χ4v) is 4.12. The van der Waals surface area contributed by atoms with E-state index in [1.807, 2.05) is 48.9 Å². The third-order valence-electron chi connectivity index (χ3n) is 6.34. The summed E-state index contributed by atoms with van der Waals surface area (Å²) in [7, 11) is 0. The Labute approximate surface area is 202 Å². The Morgan fingerprint density at radius 2 is 1.82 bits per heavy atom. The fraction of sp³-hybridized carbons (Fsp3) is 0.464. The van der Waals surface area contributed by atoms with Crippen LogP contribution in [-0.4, -0.2) is 39.0 Å². The predicted molar refractivity (Wildman–Crippen MR) is 133 cm³/mol. The van der Waals surface area contributed by atoms with E-state index in [-0.39, 0.29) is 17.7 Å². The van der Waals surface area contributed by atoms with Crippen LogP contribution >= 0.6 is 0 Å². The fourth-order valence-electron chi connectivity index (χ4n) is 4.12. The second kappa shape index (κ2) is 10.7. The van der Waals surface area contributed by atoms with Crippen LogP contribution in [0.15, 0.2) is 54.6 Å². The molecule has 1 unspecified atom stereocenters. The number of rotatable bonds is 11. The highest BCUT2D eigenvalue weighted by Gasteiger charge is 2.30. The highest BCUT2D eigenvalue weighted by Crippen LogP contribution is 2.36. The number of aromatic nitrogens is 2. The second-order valence-corrected chi connectivity index (χ2v) is 10.1. The van der Waals surface area contributed by atoms with Crippen LogP contribution in [0.1, 0.15) is 57.7 Å². The first kappa shape index (κ1) is 24.4. The first-order valence-corrected chi connectivity index (χ1v) is 12.3. The molecular weight excluding hydrogens is 429 g/mol. The smallest absolute Gasteiger partial charge is 0.227 e. The van der Waals surface area contributed by atoms with Gasteiger partial charge in [-0.3, -0.25) is 4.90 Å². The molecule has 0 aliphatic heterocycles. The largest absolute Gasteiger partial charge is 0.438 e. The summed E-state index contributed by atoms with van der Waals surface area (Å²) in [6.45, 7) is 10.5. The zero-order valence-electron chi connectivity index (χ0n) is 20.6. The summed E-state index contributed by atoms with van der Waals surface area (Å²) in [6, 6.07) is 16.1. The van der Waals surface area contributed by atoms with E-state index in [1.165, 1.54) is 25.0 Å². The van der Waals surface area contributed by atoms with Gasteiger partial charge in [-0.25, -0.2) is 9.07 Å². The van der Waals surface area contributed by atoms with Crippen molar-refractivity contribution >= 4 is 0 Å². The zero-order valence-corrected chi connectivity index (χ0v) is 20.6. The number of para-hydroxylation sites is 1. The van der Waals surface area contributed by atoms with Crippen LogP contribution in [0, 0.1) is 17.7 Å². The Morgan fingerprint density at radius 3 is 2.44 bits per heavy atom. The van der Waals surface area contributed by atoms with E-state index in [0.29, 0.717) is 30.6 Å². The van der Waals surface area contributed by atoms with Crippen molar-refractivity contribution in [1.29, 1.82) is 0 Å². The maximum atomic E-state index is 14.0. The monoisotopic (exact) mass is 465 g/mol. The molecule has 1 N–H and O–H groups in total. The van der Waals surface area contributed by atoms with Crippen LogP contribution in [-0.2, 0) is 6.54 Å². The van der Waals surface area contributed by atoms with Crippen LogP contribution in [0.25, 0.3) is 5.69 Å². The molecular formula is C28H36FN3O2. The van der Waals surface area contributed by atoms with Crippen LogP contribution in [0.3, 0.4) is 0 Å². The number of hydrogen-bond acceptors (Lipinski definition) is 4. The van der Waals surface area contributed by atoms with Gasteiger partial charge < -0.3 is 9.84 Å². The molecule has 1 aliphatic rings. The number of aliphatic hydroxyl groups excluding tert-OH is 1. The number of ether oxygens (including phenoxy) is 1. The van der Waals surface area contributed by atoms with Gasteiger partial charge in [0.1, 0.15) is 11.6 Å². The van der Waals surface area contributed by atoms with Gasteiger partial charge in [0.05, 0.1) is 23.0 Å². The zero-order chi connectivity index (χ0) is 24.2. The highest BCUT2D eigenvalue weighted by atomic mass is 19.1. The van der Waals surface area contributed by atoms with Gasteiger partial charge in [0, 0.05) is 25.7 Å². The van der Waals surface area contributed by atoms with Crippen LogP contribution in [0.5, 0.6) is 11.6 Å². The SMILES string of the molecule is CC(C)c1nn(-c2ccccc2)c(Oc2cccc(F)c2)c1CN(CC1CC1)CC(O)C(C)C. The lowest BCUT2D eigenvalue weighted by Crippen LogP contribution is -2.36. The number of aliphatic hydroxyl groups is 1. The molecule has 0 spiro atoms. The Kier molecular flexibility index (Phi) is 7.69. The molecule has 3 aromatic rings. The molecule has 4 rings (SSSR count). The number of hydrogen-bond donors (Lipinski definition) is 1. The third kappa shape index (κ3) is 6.05. The topological polar surface area (TPSA) is 50.5 Å². The summed E-state index contributed by atoms with van der Waals surface area (Å²) >= 11 is 0. The normalized spacial score (nSPS) is 14.9. The first-order valence-electron chi connectivity index (χ1n) is 12.3. The average Bonchev–Trinajstić information content (AvgIpc) is 3.55. The van der Waals surface area contributed by atoms with E-state index < -0.39 is 6.10 Å².